The van der Waals surface area contributed by atoms with Gasteiger partial charge in [-0.05, 0) is 29.7 Å². The molecule has 2 rings (SSSR count). The molecule has 1 aromatic rings. The first kappa shape index (κ1) is 16.1. The zero-order valence-electron chi connectivity index (χ0n) is 11.5. The van der Waals surface area contributed by atoms with Gasteiger partial charge < -0.3 is 4.90 Å². The van der Waals surface area contributed by atoms with Gasteiger partial charge in [-0.3, -0.25) is 4.79 Å². The van der Waals surface area contributed by atoms with Crippen molar-refractivity contribution in [1.82, 2.24) is 4.90 Å². The molecular weight excluding hydrogens is 281 g/mol. The van der Waals surface area contributed by atoms with Gasteiger partial charge in [0.25, 0.3) is 0 Å². The summed E-state index contributed by atoms with van der Waals surface area (Å²) in [6.45, 7) is 7.03. The van der Waals surface area contributed by atoms with Crippen LogP contribution in [0, 0.1) is 0 Å². The second-order valence-electron chi connectivity index (χ2n) is 4.09. The SMILES string of the molecule is CC.CC(=O)N1CCC=C(c2ccc(Cl)c(Cl)c2)C1. The van der Waals surface area contributed by atoms with Crippen LogP contribution in [0.5, 0.6) is 0 Å². The Morgan fingerprint density at radius 1 is 1.21 bits per heavy atom. The third kappa shape index (κ3) is 4.26. The van der Waals surface area contributed by atoms with Crippen molar-refractivity contribution in [3.8, 4) is 0 Å². The maximum atomic E-state index is 11.3. The van der Waals surface area contributed by atoms with E-state index in [0.29, 0.717) is 16.6 Å². The molecule has 0 bridgehead atoms. The van der Waals surface area contributed by atoms with E-state index in [1.54, 1.807) is 13.0 Å². The molecule has 0 saturated heterocycles. The van der Waals surface area contributed by atoms with E-state index in [1.807, 2.05) is 30.9 Å². The number of hydrogen-bond acceptors (Lipinski definition) is 1. The van der Waals surface area contributed by atoms with Gasteiger partial charge in [-0.2, -0.15) is 0 Å². The molecule has 1 aliphatic rings. The number of carbonyl (C=O) groups is 1. The summed E-state index contributed by atoms with van der Waals surface area (Å²) in [6, 6.07) is 5.57. The Morgan fingerprint density at radius 3 is 2.47 bits per heavy atom. The van der Waals surface area contributed by atoms with Gasteiger partial charge in [0, 0.05) is 20.0 Å². The summed E-state index contributed by atoms with van der Waals surface area (Å²) in [4.78, 5) is 13.2. The Balaban J connectivity index is 0.000000861. The zero-order valence-corrected chi connectivity index (χ0v) is 13.1. The van der Waals surface area contributed by atoms with Crippen LogP contribution in [0.15, 0.2) is 24.3 Å². The summed E-state index contributed by atoms with van der Waals surface area (Å²) in [7, 11) is 0. The van der Waals surface area contributed by atoms with E-state index in [4.69, 9.17) is 23.2 Å². The van der Waals surface area contributed by atoms with Crippen molar-refractivity contribution >= 4 is 34.7 Å². The molecule has 0 saturated carbocycles. The number of rotatable bonds is 1. The van der Waals surface area contributed by atoms with Gasteiger partial charge in [-0.15, -0.1) is 0 Å². The van der Waals surface area contributed by atoms with Gasteiger partial charge in [-0.25, -0.2) is 0 Å². The van der Waals surface area contributed by atoms with Crippen LogP contribution in [0.3, 0.4) is 0 Å². The van der Waals surface area contributed by atoms with Crippen molar-refractivity contribution in [3.05, 3.63) is 39.9 Å². The molecule has 1 heterocycles. The van der Waals surface area contributed by atoms with E-state index in [1.165, 1.54) is 0 Å². The summed E-state index contributed by atoms with van der Waals surface area (Å²) in [5.74, 6) is 0.107. The topological polar surface area (TPSA) is 20.3 Å². The number of nitrogens with zero attached hydrogens (tertiary/aromatic N) is 1. The molecular formula is C15H19Cl2NO. The first-order valence-corrected chi connectivity index (χ1v) is 7.23. The number of hydrogen-bond donors (Lipinski definition) is 0. The molecule has 0 radical (unpaired) electrons. The Labute approximate surface area is 125 Å². The minimum Gasteiger partial charge on any atom is -0.338 e. The molecule has 0 N–H and O–H groups in total. The third-order valence-corrected chi connectivity index (χ3v) is 3.63. The monoisotopic (exact) mass is 299 g/mol. The molecule has 0 spiro atoms. The fourth-order valence-corrected chi connectivity index (χ4v) is 2.22. The lowest BCUT2D eigenvalue weighted by Crippen LogP contribution is -2.33. The highest BCUT2D eigenvalue weighted by Crippen LogP contribution is 2.28. The lowest BCUT2D eigenvalue weighted by atomic mass is 10.0. The second-order valence-corrected chi connectivity index (χ2v) is 4.90. The van der Waals surface area contributed by atoms with Crippen LogP contribution >= 0.6 is 23.2 Å². The summed E-state index contributed by atoms with van der Waals surface area (Å²) >= 11 is 11.9. The van der Waals surface area contributed by atoms with Crippen LogP contribution in [0.4, 0.5) is 0 Å². The largest absolute Gasteiger partial charge is 0.338 e. The lowest BCUT2D eigenvalue weighted by Gasteiger charge is -2.26. The van der Waals surface area contributed by atoms with E-state index in [0.717, 1.165) is 24.1 Å². The molecule has 0 aliphatic carbocycles. The Morgan fingerprint density at radius 2 is 1.89 bits per heavy atom. The first-order chi connectivity index (χ1) is 9.08. The van der Waals surface area contributed by atoms with Crippen LogP contribution in [0.2, 0.25) is 10.0 Å². The van der Waals surface area contributed by atoms with Crippen LogP contribution < -0.4 is 0 Å². The van der Waals surface area contributed by atoms with Gasteiger partial charge >= 0.3 is 0 Å². The van der Waals surface area contributed by atoms with Crippen molar-refractivity contribution in [2.45, 2.75) is 27.2 Å². The molecule has 1 aromatic carbocycles. The van der Waals surface area contributed by atoms with Crippen molar-refractivity contribution in [2.75, 3.05) is 13.1 Å². The highest BCUT2D eigenvalue weighted by atomic mass is 35.5. The van der Waals surface area contributed by atoms with E-state index < -0.39 is 0 Å². The molecule has 0 aromatic heterocycles. The molecule has 0 atom stereocenters. The highest BCUT2D eigenvalue weighted by molar-refractivity contribution is 6.42. The standard InChI is InChI=1S/C13H13Cl2NO.C2H6/c1-9(17)16-6-2-3-11(8-16)10-4-5-12(14)13(15)7-10;1-2/h3-5,7H,2,6,8H2,1H3;1-2H3. The molecule has 4 heteroatoms. The normalized spacial score (nSPS) is 14.4. The number of carbonyl (C=O) groups excluding carboxylic acids is 1. The maximum Gasteiger partial charge on any atom is 0.219 e. The third-order valence-electron chi connectivity index (χ3n) is 2.89. The van der Waals surface area contributed by atoms with Crippen LogP contribution in [-0.2, 0) is 4.79 Å². The Hall–Kier alpha value is -0.990. The molecule has 19 heavy (non-hydrogen) atoms. The Bertz CT molecular complexity index is 483. The summed E-state index contributed by atoms with van der Waals surface area (Å²) in [6.07, 6.45) is 3.04. The Kier molecular flexibility index (Phi) is 6.40. The smallest absolute Gasteiger partial charge is 0.219 e. The number of amides is 1. The molecule has 1 amide bonds. The van der Waals surface area contributed by atoms with E-state index in [2.05, 4.69) is 6.08 Å². The van der Waals surface area contributed by atoms with Gasteiger partial charge in [0.1, 0.15) is 0 Å². The number of benzene rings is 1. The van der Waals surface area contributed by atoms with Crippen LogP contribution in [0.1, 0.15) is 32.8 Å². The van der Waals surface area contributed by atoms with E-state index >= 15 is 0 Å². The number of halogens is 2. The summed E-state index contributed by atoms with van der Waals surface area (Å²) in [5, 5.41) is 1.10. The van der Waals surface area contributed by atoms with Gasteiger partial charge in [0.05, 0.1) is 10.0 Å². The predicted molar refractivity (Wildman–Crippen MR) is 82.7 cm³/mol. The molecule has 0 fully saturated rings. The lowest BCUT2D eigenvalue weighted by molar-refractivity contribution is -0.128. The van der Waals surface area contributed by atoms with Crippen LogP contribution in [-0.4, -0.2) is 23.9 Å². The first-order valence-electron chi connectivity index (χ1n) is 6.48. The van der Waals surface area contributed by atoms with E-state index in [9.17, 15) is 4.79 Å². The second kappa shape index (κ2) is 7.56. The average molecular weight is 300 g/mol. The minimum atomic E-state index is 0.107. The van der Waals surface area contributed by atoms with Crippen molar-refractivity contribution < 1.29 is 4.79 Å². The van der Waals surface area contributed by atoms with Crippen molar-refractivity contribution in [1.29, 1.82) is 0 Å². The van der Waals surface area contributed by atoms with Gasteiger partial charge in [0.15, 0.2) is 0 Å². The summed E-state index contributed by atoms with van der Waals surface area (Å²) < 4.78 is 0. The zero-order chi connectivity index (χ0) is 14.4. The minimum absolute atomic E-state index is 0.107. The molecule has 104 valence electrons. The van der Waals surface area contributed by atoms with Crippen molar-refractivity contribution in [3.63, 3.8) is 0 Å². The van der Waals surface area contributed by atoms with Crippen LogP contribution in [0.25, 0.3) is 5.57 Å². The van der Waals surface area contributed by atoms with Gasteiger partial charge in [0.2, 0.25) is 5.91 Å². The van der Waals surface area contributed by atoms with Crippen molar-refractivity contribution in [2.24, 2.45) is 0 Å². The fraction of sp³-hybridized carbons (Fsp3) is 0.400. The predicted octanol–water partition coefficient (Wildman–Crippen LogP) is 4.66. The molecule has 1 aliphatic heterocycles. The van der Waals surface area contributed by atoms with E-state index in [-0.39, 0.29) is 5.91 Å². The van der Waals surface area contributed by atoms with Gasteiger partial charge in [-0.1, -0.05) is 49.2 Å². The quantitative estimate of drug-likeness (QED) is 0.739. The summed E-state index contributed by atoms with van der Waals surface area (Å²) in [5.41, 5.74) is 2.16. The fourth-order valence-electron chi connectivity index (χ4n) is 1.92. The molecule has 2 nitrogen and oxygen atoms in total. The maximum absolute atomic E-state index is 11.3. The molecule has 0 unspecified atom stereocenters. The highest BCUT2D eigenvalue weighted by Gasteiger charge is 2.16. The average Bonchev–Trinajstić information content (AvgIpc) is 2.44.